The average molecular weight is 214 g/mol. The number of alkyl halides is 2. The molecule has 0 spiro atoms. The van der Waals surface area contributed by atoms with Crippen LogP contribution in [0.25, 0.3) is 10.9 Å². The maximum atomic E-state index is 12.8. The Bertz CT molecular complexity index is 565. The lowest BCUT2D eigenvalue weighted by Gasteiger charge is -2.01. The Kier molecular flexibility index (Phi) is 2.18. The van der Waals surface area contributed by atoms with Gasteiger partial charge in [-0.2, -0.15) is 0 Å². The topological polar surface area (TPSA) is 45.8 Å². The molecule has 2 aromatic rings. The Morgan fingerprint density at radius 3 is 2.73 bits per heavy atom. The van der Waals surface area contributed by atoms with Gasteiger partial charge in [-0.05, 0) is 12.1 Å². The lowest BCUT2D eigenvalue weighted by molar-refractivity contribution is 0.140. The first-order chi connectivity index (χ1) is 7.08. The molecule has 1 N–H and O–H groups in total. The van der Waals surface area contributed by atoms with Crippen molar-refractivity contribution in [3.8, 4) is 0 Å². The highest BCUT2D eigenvalue weighted by Gasteiger charge is 2.12. The molecule has 0 aliphatic carbocycles. The Hall–Kier alpha value is -1.85. The van der Waals surface area contributed by atoms with Gasteiger partial charge in [-0.1, -0.05) is 0 Å². The van der Waals surface area contributed by atoms with Crippen molar-refractivity contribution in [1.82, 2.24) is 9.97 Å². The molecule has 0 atom stereocenters. The number of H-pyrrole nitrogens is 1. The first-order valence-corrected chi connectivity index (χ1v) is 4.05. The Morgan fingerprint density at radius 1 is 1.33 bits per heavy atom. The molecule has 0 saturated carbocycles. The third-order valence-electron chi connectivity index (χ3n) is 1.89. The smallest absolute Gasteiger partial charge is 0.295 e. The summed E-state index contributed by atoms with van der Waals surface area (Å²) in [5.74, 6) is -1.38. The van der Waals surface area contributed by atoms with Gasteiger partial charge in [-0.3, -0.25) is 4.79 Å². The summed E-state index contributed by atoms with van der Waals surface area (Å²) in [7, 11) is 0. The van der Waals surface area contributed by atoms with Gasteiger partial charge in [0.15, 0.2) is 5.82 Å². The van der Waals surface area contributed by atoms with Crippen LogP contribution in [0.5, 0.6) is 0 Å². The number of hydrogen-bond acceptors (Lipinski definition) is 2. The van der Waals surface area contributed by atoms with Crippen molar-refractivity contribution in [3.63, 3.8) is 0 Å². The number of nitrogens with zero attached hydrogens (tertiary/aromatic N) is 1. The second-order valence-electron chi connectivity index (χ2n) is 2.91. The summed E-state index contributed by atoms with van der Waals surface area (Å²) in [4.78, 5) is 16.6. The Morgan fingerprint density at radius 2 is 2.07 bits per heavy atom. The van der Waals surface area contributed by atoms with E-state index in [1.54, 1.807) is 0 Å². The summed E-state index contributed by atoms with van der Waals surface area (Å²) in [5, 5.41) is 0.0841. The van der Waals surface area contributed by atoms with E-state index in [-0.39, 0.29) is 10.9 Å². The fraction of sp³-hybridized carbons (Fsp3) is 0.111. The molecular weight excluding hydrogens is 209 g/mol. The molecule has 0 fully saturated rings. The summed E-state index contributed by atoms with van der Waals surface area (Å²) in [6.07, 6.45) is -2.88. The van der Waals surface area contributed by atoms with Crippen molar-refractivity contribution in [3.05, 3.63) is 40.2 Å². The van der Waals surface area contributed by atoms with Crippen LogP contribution in [-0.2, 0) is 0 Å². The molecule has 0 saturated heterocycles. The van der Waals surface area contributed by atoms with E-state index in [4.69, 9.17) is 0 Å². The van der Waals surface area contributed by atoms with Crippen LogP contribution in [0.2, 0.25) is 0 Å². The van der Waals surface area contributed by atoms with E-state index in [1.165, 1.54) is 6.07 Å². The van der Waals surface area contributed by atoms with E-state index >= 15 is 0 Å². The largest absolute Gasteiger partial charge is 0.305 e. The molecule has 15 heavy (non-hydrogen) atoms. The minimum atomic E-state index is -2.88. The maximum Gasteiger partial charge on any atom is 0.295 e. The summed E-state index contributed by atoms with van der Waals surface area (Å²) in [6, 6.07) is 3.21. The summed E-state index contributed by atoms with van der Waals surface area (Å²) < 4.78 is 37.3. The van der Waals surface area contributed by atoms with Gasteiger partial charge in [0, 0.05) is 6.07 Å². The maximum absolute atomic E-state index is 12.8. The van der Waals surface area contributed by atoms with Gasteiger partial charge in [0.1, 0.15) is 5.82 Å². The zero-order chi connectivity index (χ0) is 11.0. The number of aromatic amines is 1. The van der Waals surface area contributed by atoms with Crippen molar-refractivity contribution in [2.75, 3.05) is 0 Å². The molecule has 0 aliphatic rings. The fourth-order valence-corrected chi connectivity index (χ4v) is 1.23. The molecule has 0 bridgehead atoms. The fourth-order valence-electron chi connectivity index (χ4n) is 1.23. The zero-order valence-electron chi connectivity index (χ0n) is 7.30. The van der Waals surface area contributed by atoms with Crippen LogP contribution in [0.15, 0.2) is 23.0 Å². The molecule has 6 heteroatoms. The normalized spacial score (nSPS) is 11.2. The molecular formula is C9H5F3N2O. The van der Waals surface area contributed by atoms with Crippen LogP contribution in [0, 0.1) is 5.82 Å². The van der Waals surface area contributed by atoms with Gasteiger partial charge in [-0.25, -0.2) is 18.2 Å². The molecule has 0 radical (unpaired) electrons. The molecule has 0 amide bonds. The van der Waals surface area contributed by atoms with E-state index in [1.807, 2.05) is 4.98 Å². The summed E-state index contributed by atoms with van der Waals surface area (Å²) in [6.45, 7) is 0. The van der Waals surface area contributed by atoms with Crippen LogP contribution in [0.3, 0.4) is 0 Å². The van der Waals surface area contributed by atoms with E-state index < -0.39 is 23.6 Å². The Balaban J connectivity index is 2.80. The number of aromatic nitrogens is 2. The Labute approximate surface area is 81.6 Å². The molecule has 78 valence electrons. The monoisotopic (exact) mass is 214 g/mol. The van der Waals surface area contributed by atoms with E-state index in [9.17, 15) is 18.0 Å². The summed E-state index contributed by atoms with van der Waals surface area (Å²) in [5.41, 5.74) is -0.774. The van der Waals surface area contributed by atoms with Crippen molar-refractivity contribution in [2.45, 2.75) is 6.43 Å². The summed E-state index contributed by atoms with van der Waals surface area (Å²) >= 11 is 0. The van der Waals surface area contributed by atoms with Gasteiger partial charge >= 0.3 is 0 Å². The highest BCUT2D eigenvalue weighted by atomic mass is 19.3. The van der Waals surface area contributed by atoms with E-state index in [0.29, 0.717) is 0 Å². The highest BCUT2D eigenvalue weighted by molar-refractivity contribution is 5.77. The lowest BCUT2D eigenvalue weighted by atomic mass is 10.2. The molecule has 1 heterocycles. The van der Waals surface area contributed by atoms with Gasteiger partial charge in [0.25, 0.3) is 12.0 Å². The van der Waals surface area contributed by atoms with Crippen LogP contribution in [0.4, 0.5) is 13.2 Å². The zero-order valence-corrected chi connectivity index (χ0v) is 7.30. The second-order valence-corrected chi connectivity index (χ2v) is 2.91. The standard InChI is InChI=1S/C9H5F3N2O/c10-4-1-2-5-6(3-4)13-8(7(11)12)14-9(5)15/h1-3,7H,(H,13,14,15). The minimum Gasteiger partial charge on any atom is -0.305 e. The van der Waals surface area contributed by atoms with Crippen molar-refractivity contribution < 1.29 is 13.2 Å². The minimum absolute atomic E-state index is 0.0750. The van der Waals surface area contributed by atoms with Crippen molar-refractivity contribution in [1.29, 1.82) is 0 Å². The van der Waals surface area contributed by atoms with Crippen LogP contribution >= 0.6 is 0 Å². The van der Waals surface area contributed by atoms with Gasteiger partial charge in [0.05, 0.1) is 10.9 Å². The van der Waals surface area contributed by atoms with Gasteiger partial charge in [-0.15, -0.1) is 0 Å². The van der Waals surface area contributed by atoms with Gasteiger partial charge < -0.3 is 4.98 Å². The van der Waals surface area contributed by atoms with E-state index in [2.05, 4.69) is 4.98 Å². The number of nitrogens with one attached hydrogen (secondary N) is 1. The number of halogens is 3. The predicted molar refractivity (Wildman–Crippen MR) is 47.3 cm³/mol. The third kappa shape index (κ3) is 1.70. The molecule has 0 aliphatic heterocycles. The SMILES string of the molecule is O=c1[nH]c(C(F)F)nc2cc(F)ccc12. The highest BCUT2D eigenvalue weighted by Crippen LogP contribution is 2.15. The third-order valence-corrected chi connectivity index (χ3v) is 1.89. The number of fused-ring (bicyclic) bond motifs is 1. The van der Waals surface area contributed by atoms with Crippen LogP contribution in [0.1, 0.15) is 12.2 Å². The molecule has 1 aromatic carbocycles. The van der Waals surface area contributed by atoms with Gasteiger partial charge in [0.2, 0.25) is 0 Å². The van der Waals surface area contributed by atoms with Crippen molar-refractivity contribution >= 4 is 10.9 Å². The lowest BCUT2D eigenvalue weighted by Crippen LogP contribution is -2.12. The molecule has 2 rings (SSSR count). The second kappa shape index (κ2) is 3.38. The predicted octanol–water partition coefficient (Wildman–Crippen LogP) is 2.00. The number of benzene rings is 1. The number of rotatable bonds is 1. The van der Waals surface area contributed by atoms with Crippen molar-refractivity contribution in [2.24, 2.45) is 0 Å². The van der Waals surface area contributed by atoms with E-state index in [0.717, 1.165) is 12.1 Å². The molecule has 1 aromatic heterocycles. The average Bonchev–Trinajstić information content (AvgIpc) is 2.16. The quantitative estimate of drug-likeness (QED) is 0.789. The molecule has 3 nitrogen and oxygen atoms in total. The van der Waals surface area contributed by atoms with Crippen LogP contribution < -0.4 is 5.56 Å². The number of hydrogen-bond donors (Lipinski definition) is 1. The first-order valence-electron chi connectivity index (χ1n) is 4.05. The molecule has 0 unspecified atom stereocenters. The first kappa shape index (κ1) is 9.70. The van der Waals surface area contributed by atoms with Crippen LogP contribution in [-0.4, -0.2) is 9.97 Å².